The van der Waals surface area contributed by atoms with Crippen molar-refractivity contribution in [3.8, 4) is 11.3 Å². The third-order valence-corrected chi connectivity index (χ3v) is 3.97. The number of halogens is 2. The number of oxazole rings is 1. The van der Waals surface area contributed by atoms with Gasteiger partial charge in [-0.1, -0.05) is 41.4 Å². The molecule has 0 radical (unpaired) electrons. The largest absolute Gasteiger partial charge is 0.441 e. The predicted molar refractivity (Wildman–Crippen MR) is 95.0 cm³/mol. The number of carbonyl (C=O) groups is 1. The lowest BCUT2D eigenvalue weighted by Crippen LogP contribution is -2.12. The van der Waals surface area contributed by atoms with E-state index >= 15 is 0 Å². The molecule has 6 heteroatoms. The molecular weight excluding hydrogens is 343 g/mol. The van der Waals surface area contributed by atoms with Crippen molar-refractivity contribution in [1.29, 1.82) is 0 Å². The van der Waals surface area contributed by atoms with Crippen LogP contribution in [0, 0.1) is 12.7 Å². The first-order valence-electron chi connectivity index (χ1n) is 7.78. The number of nitrogens with one attached hydrogen (secondary N) is 1. The van der Waals surface area contributed by atoms with Crippen molar-refractivity contribution in [2.75, 3.05) is 5.32 Å². The second kappa shape index (κ2) is 7.49. The minimum absolute atomic E-state index is 0.158. The van der Waals surface area contributed by atoms with Gasteiger partial charge in [0.05, 0.1) is 16.9 Å². The van der Waals surface area contributed by atoms with Gasteiger partial charge in [-0.15, -0.1) is 0 Å². The first kappa shape index (κ1) is 17.2. The number of hydrogen-bond donors (Lipinski definition) is 1. The van der Waals surface area contributed by atoms with Crippen molar-refractivity contribution in [2.24, 2.45) is 0 Å². The quantitative estimate of drug-likeness (QED) is 0.697. The van der Waals surface area contributed by atoms with Crippen LogP contribution in [0.25, 0.3) is 11.3 Å². The Hall–Kier alpha value is -2.66. The summed E-state index contributed by atoms with van der Waals surface area (Å²) in [6, 6.07) is 11.7. The lowest BCUT2D eigenvalue weighted by molar-refractivity contribution is -0.116. The Labute approximate surface area is 149 Å². The monoisotopic (exact) mass is 358 g/mol. The Morgan fingerprint density at radius 1 is 1.24 bits per heavy atom. The van der Waals surface area contributed by atoms with Crippen LogP contribution in [0.1, 0.15) is 17.9 Å². The molecule has 1 amide bonds. The molecule has 0 bridgehead atoms. The number of aromatic nitrogens is 1. The summed E-state index contributed by atoms with van der Waals surface area (Å²) < 4.78 is 18.7. The van der Waals surface area contributed by atoms with Crippen molar-refractivity contribution < 1.29 is 13.6 Å². The van der Waals surface area contributed by atoms with E-state index < -0.39 is 5.82 Å². The van der Waals surface area contributed by atoms with Crippen LogP contribution in [-0.2, 0) is 11.2 Å². The summed E-state index contributed by atoms with van der Waals surface area (Å²) in [6.45, 7) is 2.02. The van der Waals surface area contributed by atoms with Crippen LogP contribution in [0.5, 0.6) is 0 Å². The molecule has 2 aromatic carbocycles. The van der Waals surface area contributed by atoms with Gasteiger partial charge in [0.15, 0.2) is 11.7 Å². The predicted octanol–water partition coefficient (Wildman–Crippen LogP) is 5.01. The van der Waals surface area contributed by atoms with E-state index in [1.165, 1.54) is 17.7 Å². The number of hydrogen-bond acceptors (Lipinski definition) is 3. The molecule has 4 nitrogen and oxygen atoms in total. The Morgan fingerprint density at radius 2 is 2.00 bits per heavy atom. The number of rotatable bonds is 5. The van der Waals surface area contributed by atoms with Gasteiger partial charge in [0.25, 0.3) is 0 Å². The van der Waals surface area contributed by atoms with Gasteiger partial charge in [-0.3, -0.25) is 4.79 Å². The van der Waals surface area contributed by atoms with Crippen molar-refractivity contribution in [3.63, 3.8) is 0 Å². The van der Waals surface area contributed by atoms with Gasteiger partial charge in [-0.05, 0) is 25.1 Å². The van der Waals surface area contributed by atoms with Crippen LogP contribution in [0.2, 0.25) is 5.02 Å². The van der Waals surface area contributed by atoms with Crippen LogP contribution < -0.4 is 5.32 Å². The zero-order valence-electron chi connectivity index (χ0n) is 13.6. The SMILES string of the molecule is Cc1ccc(-c2cnc(CCC(=O)Nc3ccc(F)cc3Cl)o2)cc1. The van der Waals surface area contributed by atoms with Crippen molar-refractivity contribution in [1.82, 2.24) is 4.98 Å². The van der Waals surface area contributed by atoms with Gasteiger partial charge in [-0.2, -0.15) is 0 Å². The lowest BCUT2D eigenvalue weighted by Gasteiger charge is -2.06. The maximum Gasteiger partial charge on any atom is 0.224 e. The van der Waals surface area contributed by atoms with Gasteiger partial charge in [-0.25, -0.2) is 9.37 Å². The first-order valence-corrected chi connectivity index (χ1v) is 8.16. The molecule has 0 unspecified atom stereocenters. The van der Waals surface area contributed by atoms with Crippen molar-refractivity contribution in [3.05, 3.63) is 71.0 Å². The fourth-order valence-electron chi connectivity index (χ4n) is 2.30. The average molecular weight is 359 g/mol. The second-order valence-corrected chi connectivity index (χ2v) is 6.06. The number of nitrogens with zero attached hydrogens (tertiary/aromatic N) is 1. The highest BCUT2D eigenvalue weighted by Gasteiger charge is 2.11. The summed E-state index contributed by atoms with van der Waals surface area (Å²) in [5, 5.41) is 2.80. The fraction of sp³-hybridized carbons (Fsp3) is 0.158. The van der Waals surface area contributed by atoms with Crippen LogP contribution in [0.4, 0.5) is 10.1 Å². The standard InChI is InChI=1S/C19H16ClFN2O2/c1-12-2-4-13(5-3-12)17-11-22-19(25-17)9-8-18(24)23-16-7-6-14(21)10-15(16)20/h2-7,10-11H,8-9H2,1H3,(H,23,24). The number of aryl methyl sites for hydroxylation is 2. The van der Waals surface area contributed by atoms with E-state index in [4.69, 9.17) is 16.0 Å². The minimum Gasteiger partial charge on any atom is -0.441 e. The normalized spacial score (nSPS) is 10.7. The Bertz CT molecular complexity index is 891. The number of benzene rings is 2. The zero-order chi connectivity index (χ0) is 17.8. The van der Waals surface area contributed by atoms with E-state index in [2.05, 4.69) is 10.3 Å². The van der Waals surface area contributed by atoms with E-state index in [9.17, 15) is 9.18 Å². The number of amides is 1. The van der Waals surface area contributed by atoms with Crippen LogP contribution in [-0.4, -0.2) is 10.9 Å². The molecule has 128 valence electrons. The third kappa shape index (κ3) is 4.45. The molecule has 0 aliphatic carbocycles. The van der Waals surface area contributed by atoms with Gasteiger partial charge in [0.1, 0.15) is 5.82 Å². The number of anilines is 1. The van der Waals surface area contributed by atoms with Crippen LogP contribution >= 0.6 is 11.6 Å². The van der Waals surface area contributed by atoms with Gasteiger partial charge < -0.3 is 9.73 Å². The minimum atomic E-state index is -0.452. The molecule has 0 fully saturated rings. The first-order chi connectivity index (χ1) is 12.0. The number of carbonyl (C=O) groups excluding carboxylic acids is 1. The molecule has 25 heavy (non-hydrogen) atoms. The Kier molecular flexibility index (Phi) is 5.14. The van der Waals surface area contributed by atoms with E-state index in [0.717, 1.165) is 11.6 Å². The van der Waals surface area contributed by atoms with Crippen molar-refractivity contribution >= 4 is 23.2 Å². The van der Waals surface area contributed by atoms with E-state index in [1.54, 1.807) is 6.20 Å². The van der Waals surface area contributed by atoms with E-state index in [-0.39, 0.29) is 17.4 Å². The van der Waals surface area contributed by atoms with Crippen LogP contribution in [0.3, 0.4) is 0 Å². The summed E-state index contributed by atoms with van der Waals surface area (Å²) in [4.78, 5) is 16.2. The van der Waals surface area contributed by atoms with Crippen LogP contribution in [0.15, 0.2) is 53.1 Å². The van der Waals surface area contributed by atoms with E-state index in [0.29, 0.717) is 23.8 Å². The molecule has 0 saturated heterocycles. The summed E-state index contributed by atoms with van der Waals surface area (Å²) in [6.07, 6.45) is 2.19. The maximum atomic E-state index is 13.0. The highest BCUT2D eigenvalue weighted by atomic mass is 35.5. The summed E-state index contributed by atoms with van der Waals surface area (Å²) in [5.41, 5.74) is 2.48. The van der Waals surface area contributed by atoms with Gasteiger partial charge >= 0.3 is 0 Å². The highest BCUT2D eigenvalue weighted by molar-refractivity contribution is 6.33. The van der Waals surface area contributed by atoms with Gasteiger partial charge in [0.2, 0.25) is 5.91 Å². The molecule has 1 aromatic heterocycles. The smallest absolute Gasteiger partial charge is 0.224 e. The summed E-state index contributed by atoms with van der Waals surface area (Å²) in [7, 11) is 0. The average Bonchev–Trinajstić information content (AvgIpc) is 3.05. The van der Waals surface area contributed by atoms with Crippen molar-refractivity contribution in [2.45, 2.75) is 19.8 Å². The molecule has 1 N–H and O–H groups in total. The molecular formula is C19H16ClFN2O2. The highest BCUT2D eigenvalue weighted by Crippen LogP contribution is 2.23. The molecule has 0 saturated carbocycles. The fourth-order valence-corrected chi connectivity index (χ4v) is 2.52. The molecule has 3 rings (SSSR count). The molecule has 0 aliphatic rings. The topological polar surface area (TPSA) is 55.1 Å². The Balaban J connectivity index is 1.58. The second-order valence-electron chi connectivity index (χ2n) is 5.66. The third-order valence-electron chi connectivity index (χ3n) is 3.66. The summed E-state index contributed by atoms with van der Waals surface area (Å²) >= 11 is 5.89. The van der Waals surface area contributed by atoms with E-state index in [1.807, 2.05) is 31.2 Å². The molecule has 0 spiro atoms. The molecule has 1 heterocycles. The zero-order valence-corrected chi connectivity index (χ0v) is 14.3. The lowest BCUT2D eigenvalue weighted by atomic mass is 10.1. The summed E-state index contributed by atoms with van der Waals surface area (Å²) in [5.74, 6) is 0.447. The molecule has 0 aliphatic heterocycles. The maximum absolute atomic E-state index is 13.0. The molecule has 3 aromatic rings. The molecule has 0 atom stereocenters. The van der Waals surface area contributed by atoms with Gasteiger partial charge in [0, 0.05) is 18.4 Å². The Morgan fingerprint density at radius 3 is 2.72 bits per heavy atom.